The predicted molar refractivity (Wildman–Crippen MR) is 79.8 cm³/mol. The fourth-order valence-corrected chi connectivity index (χ4v) is 2.94. The number of rotatable bonds is 7. The van der Waals surface area contributed by atoms with Gasteiger partial charge in [0.2, 0.25) is 5.91 Å². The third-order valence-corrected chi connectivity index (χ3v) is 4.21. The van der Waals surface area contributed by atoms with E-state index in [1.807, 2.05) is 0 Å². The Morgan fingerprint density at radius 2 is 1.85 bits per heavy atom. The largest absolute Gasteiger partial charge is 0.379 e. The van der Waals surface area contributed by atoms with Gasteiger partial charge in [-0.25, -0.2) is 0 Å². The summed E-state index contributed by atoms with van der Waals surface area (Å²) in [6, 6.07) is 0.435. The highest BCUT2D eigenvalue weighted by molar-refractivity contribution is 5.76. The summed E-state index contributed by atoms with van der Waals surface area (Å²) in [5.41, 5.74) is 0. The Labute approximate surface area is 122 Å². The van der Waals surface area contributed by atoms with Crippen LogP contribution in [0.15, 0.2) is 0 Å². The number of amides is 1. The van der Waals surface area contributed by atoms with Crippen LogP contribution in [0.1, 0.15) is 38.5 Å². The molecule has 0 aromatic carbocycles. The van der Waals surface area contributed by atoms with Gasteiger partial charge in [0.15, 0.2) is 0 Å². The zero-order valence-electron chi connectivity index (χ0n) is 12.5. The summed E-state index contributed by atoms with van der Waals surface area (Å²) < 4.78 is 5.32. The molecule has 2 N–H and O–H groups in total. The van der Waals surface area contributed by atoms with E-state index in [9.17, 15) is 4.79 Å². The molecule has 1 aliphatic carbocycles. The molecule has 0 aromatic heterocycles. The Balaban J connectivity index is 1.44. The molecule has 0 bridgehead atoms. The number of nitrogens with zero attached hydrogens (tertiary/aromatic N) is 1. The van der Waals surface area contributed by atoms with E-state index in [2.05, 4.69) is 15.5 Å². The van der Waals surface area contributed by atoms with Crippen LogP contribution < -0.4 is 10.6 Å². The zero-order valence-corrected chi connectivity index (χ0v) is 12.5. The SMILES string of the molecule is O=C(CCNCCN1CCOCC1)NC1CCCCC1. The maximum Gasteiger partial charge on any atom is 0.221 e. The van der Waals surface area contributed by atoms with Gasteiger partial charge in [0.05, 0.1) is 13.2 Å². The summed E-state index contributed by atoms with van der Waals surface area (Å²) in [6.45, 7) is 6.55. The van der Waals surface area contributed by atoms with Gasteiger partial charge >= 0.3 is 0 Å². The van der Waals surface area contributed by atoms with Crippen molar-refractivity contribution in [1.29, 1.82) is 0 Å². The van der Waals surface area contributed by atoms with Gasteiger partial charge in [0.25, 0.3) is 0 Å². The molecule has 2 aliphatic rings. The Kier molecular flexibility index (Phi) is 7.33. The Morgan fingerprint density at radius 3 is 2.60 bits per heavy atom. The van der Waals surface area contributed by atoms with Gasteiger partial charge in [-0.15, -0.1) is 0 Å². The third-order valence-electron chi connectivity index (χ3n) is 4.21. The van der Waals surface area contributed by atoms with Crippen LogP contribution in [0, 0.1) is 0 Å². The minimum Gasteiger partial charge on any atom is -0.379 e. The van der Waals surface area contributed by atoms with E-state index >= 15 is 0 Å². The Bertz CT molecular complexity index is 274. The first kappa shape index (κ1) is 15.7. The van der Waals surface area contributed by atoms with E-state index in [0.717, 1.165) is 58.8 Å². The van der Waals surface area contributed by atoms with Gasteiger partial charge < -0.3 is 15.4 Å². The van der Waals surface area contributed by atoms with Crippen molar-refractivity contribution in [3.8, 4) is 0 Å². The molecule has 0 aromatic rings. The summed E-state index contributed by atoms with van der Waals surface area (Å²) in [5.74, 6) is 0.204. The molecule has 0 atom stereocenters. The number of morpholine rings is 1. The van der Waals surface area contributed by atoms with Gasteiger partial charge in [-0.3, -0.25) is 9.69 Å². The molecule has 2 fully saturated rings. The molecule has 1 saturated carbocycles. The lowest BCUT2D eigenvalue weighted by Gasteiger charge is -2.26. The summed E-state index contributed by atoms with van der Waals surface area (Å²) in [4.78, 5) is 14.2. The van der Waals surface area contributed by atoms with Gasteiger partial charge in [-0.2, -0.15) is 0 Å². The first-order valence-corrected chi connectivity index (χ1v) is 8.15. The average molecular weight is 283 g/mol. The van der Waals surface area contributed by atoms with E-state index in [1.165, 1.54) is 19.3 Å². The molecule has 5 nitrogen and oxygen atoms in total. The normalized spacial score (nSPS) is 21.8. The molecule has 116 valence electrons. The van der Waals surface area contributed by atoms with E-state index in [-0.39, 0.29) is 5.91 Å². The molecule has 1 aliphatic heterocycles. The molecule has 20 heavy (non-hydrogen) atoms. The van der Waals surface area contributed by atoms with Gasteiger partial charge in [0.1, 0.15) is 0 Å². The standard InChI is InChI=1S/C15H29N3O2/c19-15(17-14-4-2-1-3-5-14)6-7-16-8-9-18-10-12-20-13-11-18/h14,16H,1-13H2,(H,17,19). The number of carbonyl (C=O) groups excluding carboxylic acids is 1. The van der Waals surface area contributed by atoms with Crippen LogP contribution in [0.4, 0.5) is 0 Å². The fourth-order valence-electron chi connectivity index (χ4n) is 2.94. The van der Waals surface area contributed by atoms with Crippen LogP contribution in [-0.2, 0) is 9.53 Å². The minimum absolute atomic E-state index is 0.204. The highest BCUT2D eigenvalue weighted by Gasteiger charge is 2.15. The van der Waals surface area contributed by atoms with Crippen LogP contribution in [0.25, 0.3) is 0 Å². The topological polar surface area (TPSA) is 53.6 Å². The van der Waals surface area contributed by atoms with Crippen LogP contribution in [0.3, 0.4) is 0 Å². The zero-order chi connectivity index (χ0) is 14.0. The molecule has 1 amide bonds. The number of nitrogens with one attached hydrogen (secondary N) is 2. The molecule has 5 heteroatoms. The number of hydrogen-bond donors (Lipinski definition) is 2. The highest BCUT2D eigenvalue weighted by atomic mass is 16.5. The molecule has 0 unspecified atom stereocenters. The molecule has 0 spiro atoms. The van der Waals surface area contributed by atoms with E-state index < -0.39 is 0 Å². The monoisotopic (exact) mass is 283 g/mol. The fraction of sp³-hybridized carbons (Fsp3) is 0.933. The van der Waals surface area contributed by atoms with Crippen molar-refractivity contribution in [2.75, 3.05) is 45.9 Å². The van der Waals surface area contributed by atoms with Gasteiger partial charge in [0, 0.05) is 45.2 Å². The maximum absolute atomic E-state index is 11.8. The number of hydrogen-bond acceptors (Lipinski definition) is 4. The van der Waals surface area contributed by atoms with Crippen molar-refractivity contribution >= 4 is 5.91 Å². The van der Waals surface area contributed by atoms with Crippen molar-refractivity contribution in [2.24, 2.45) is 0 Å². The Hall–Kier alpha value is -0.650. The molecular formula is C15H29N3O2. The first-order chi connectivity index (χ1) is 9.84. The quantitative estimate of drug-likeness (QED) is 0.677. The van der Waals surface area contributed by atoms with Crippen molar-refractivity contribution in [3.63, 3.8) is 0 Å². The van der Waals surface area contributed by atoms with E-state index in [4.69, 9.17) is 4.74 Å². The molecule has 1 heterocycles. The second-order valence-electron chi connectivity index (χ2n) is 5.86. The first-order valence-electron chi connectivity index (χ1n) is 8.15. The number of ether oxygens (including phenoxy) is 1. The van der Waals surface area contributed by atoms with Crippen LogP contribution >= 0.6 is 0 Å². The molecule has 1 saturated heterocycles. The summed E-state index contributed by atoms with van der Waals surface area (Å²) in [5, 5.41) is 6.51. The maximum atomic E-state index is 11.8. The Morgan fingerprint density at radius 1 is 1.10 bits per heavy atom. The molecular weight excluding hydrogens is 254 g/mol. The lowest BCUT2D eigenvalue weighted by atomic mass is 9.95. The summed E-state index contributed by atoms with van der Waals surface area (Å²) in [7, 11) is 0. The van der Waals surface area contributed by atoms with Crippen LogP contribution in [0.5, 0.6) is 0 Å². The van der Waals surface area contributed by atoms with Crippen molar-refractivity contribution < 1.29 is 9.53 Å². The van der Waals surface area contributed by atoms with Crippen LogP contribution in [-0.4, -0.2) is 62.8 Å². The van der Waals surface area contributed by atoms with Gasteiger partial charge in [-0.05, 0) is 12.8 Å². The van der Waals surface area contributed by atoms with E-state index in [1.54, 1.807) is 0 Å². The minimum atomic E-state index is 0.204. The van der Waals surface area contributed by atoms with Crippen molar-refractivity contribution in [2.45, 2.75) is 44.6 Å². The van der Waals surface area contributed by atoms with E-state index in [0.29, 0.717) is 12.5 Å². The molecule has 2 rings (SSSR count). The summed E-state index contributed by atoms with van der Waals surface area (Å²) in [6.07, 6.45) is 6.78. The highest BCUT2D eigenvalue weighted by Crippen LogP contribution is 2.17. The summed E-state index contributed by atoms with van der Waals surface area (Å²) >= 11 is 0. The number of carbonyl (C=O) groups is 1. The van der Waals surface area contributed by atoms with Crippen molar-refractivity contribution in [1.82, 2.24) is 15.5 Å². The second kappa shape index (κ2) is 9.32. The predicted octanol–water partition coefficient (Wildman–Crippen LogP) is 0.747. The second-order valence-corrected chi connectivity index (χ2v) is 5.86. The molecule has 0 radical (unpaired) electrons. The van der Waals surface area contributed by atoms with Crippen LogP contribution in [0.2, 0.25) is 0 Å². The lowest BCUT2D eigenvalue weighted by Crippen LogP contribution is -2.41. The lowest BCUT2D eigenvalue weighted by molar-refractivity contribution is -0.121. The van der Waals surface area contributed by atoms with Crippen molar-refractivity contribution in [3.05, 3.63) is 0 Å². The smallest absolute Gasteiger partial charge is 0.221 e. The van der Waals surface area contributed by atoms with Gasteiger partial charge in [-0.1, -0.05) is 19.3 Å². The average Bonchev–Trinajstić information content (AvgIpc) is 2.49. The third kappa shape index (κ3) is 6.20.